The van der Waals surface area contributed by atoms with Crippen LogP contribution in [0.25, 0.3) is 11.3 Å². The normalized spacial score (nSPS) is 11.8. The maximum absolute atomic E-state index is 5.84. The minimum atomic E-state index is -1.41. The zero-order valence-corrected chi connectivity index (χ0v) is 11.4. The van der Waals surface area contributed by atoms with Crippen LogP contribution in [-0.4, -0.2) is 13.2 Å². The largest absolute Gasteiger partial charge is 0.366 e. The minimum Gasteiger partial charge on any atom is -0.366 e. The Balaban J connectivity index is 2.35. The summed E-state index contributed by atoms with van der Waals surface area (Å²) in [6, 6.07) is 9.66. The highest BCUT2D eigenvalue weighted by Gasteiger charge is 2.22. The summed E-state index contributed by atoms with van der Waals surface area (Å²) in [6.07, 6.45) is 0. The van der Waals surface area contributed by atoms with Crippen molar-refractivity contribution in [2.75, 3.05) is 0 Å². The highest BCUT2D eigenvalue weighted by Crippen LogP contribution is 2.19. The minimum absolute atomic E-state index is 0.734. The molecule has 0 fully saturated rings. The van der Waals surface area contributed by atoms with Crippen molar-refractivity contribution in [3.63, 3.8) is 0 Å². The highest BCUT2D eigenvalue weighted by atomic mass is 35.5. The second-order valence-electron chi connectivity index (χ2n) is 4.83. The van der Waals surface area contributed by atoms with E-state index in [2.05, 4.69) is 24.8 Å². The Morgan fingerprint density at radius 2 is 1.75 bits per heavy atom. The van der Waals surface area contributed by atoms with Crippen LogP contribution in [0.5, 0.6) is 0 Å². The van der Waals surface area contributed by atoms with E-state index >= 15 is 0 Å². The van der Waals surface area contributed by atoms with E-state index in [1.807, 2.05) is 30.3 Å². The van der Waals surface area contributed by atoms with Crippen molar-refractivity contribution in [2.45, 2.75) is 19.6 Å². The van der Waals surface area contributed by atoms with E-state index in [0.717, 1.165) is 21.7 Å². The molecule has 4 heteroatoms. The van der Waals surface area contributed by atoms with Gasteiger partial charge in [0, 0.05) is 16.7 Å². The summed E-state index contributed by atoms with van der Waals surface area (Å²) < 4.78 is 5.39. The van der Waals surface area contributed by atoms with E-state index in [0.29, 0.717) is 0 Å². The number of benzene rings is 1. The summed E-state index contributed by atoms with van der Waals surface area (Å²) in [4.78, 5) is 0. The van der Waals surface area contributed by atoms with Crippen LogP contribution in [0.1, 0.15) is 0 Å². The SMILES string of the molecule is C[Si](C)(C)c1cc(-c2ccc(Cl)cc2)no1. The number of hydrogen-bond acceptors (Lipinski definition) is 2. The molecule has 0 aliphatic carbocycles. The topological polar surface area (TPSA) is 26.0 Å². The van der Waals surface area contributed by atoms with Gasteiger partial charge < -0.3 is 4.52 Å². The van der Waals surface area contributed by atoms with E-state index in [-0.39, 0.29) is 0 Å². The van der Waals surface area contributed by atoms with E-state index in [1.165, 1.54) is 0 Å². The lowest BCUT2D eigenvalue weighted by atomic mass is 10.2. The molecular formula is C12H14ClNOSi. The van der Waals surface area contributed by atoms with Crippen LogP contribution >= 0.6 is 11.6 Å². The van der Waals surface area contributed by atoms with Gasteiger partial charge in [-0.05, 0) is 12.1 Å². The summed E-state index contributed by atoms with van der Waals surface area (Å²) in [5.74, 6) is 0. The van der Waals surface area contributed by atoms with Crippen molar-refractivity contribution in [1.82, 2.24) is 5.16 Å². The molecule has 2 aromatic rings. The van der Waals surface area contributed by atoms with Gasteiger partial charge in [-0.3, -0.25) is 0 Å². The van der Waals surface area contributed by atoms with Crippen LogP contribution < -0.4 is 5.38 Å². The third-order valence-electron chi connectivity index (χ3n) is 2.39. The predicted molar refractivity (Wildman–Crippen MR) is 69.9 cm³/mol. The average molecular weight is 252 g/mol. The number of halogens is 1. The molecule has 1 aromatic carbocycles. The summed E-state index contributed by atoms with van der Waals surface area (Å²) in [5, 5.41) is 5.86. The van der Waals surface area contributed by atoms with Gasteiger partial charge in [-0.15, -0.1) is 0 Å². The molecule has 0 amide bonds. The Hall–Kier alpha value is -1.06. The third-order valence-corrected chi connectivity index (χ3v) is 4.36. The molecule has 2 rings (SSSR count). The molecule has 0 saturated heterocycles. The third kappa shape index (κ3) is 2.36. The van der Waals surface area contributed by atoms with E-state index in [1.54, 1.807) is 0 Å². The van der Waals surface area contributed by atoms with Gasteiger partial charge in [-0.2, -0.15) is 0 Å². The van der Waals surface area contributed by atoms with E-state index in [9.17, 15) is 0 Å². The first-order valence-corrected chi connectivity index (χ1v) is 9.08. The molecule has 0 bridgehead atoms. The second-order valence-corrected chi connectivity index (χ2v) is 10.3. The summed E-state index contributed by atoms with van der Waals surface area (Å²) in [6.45, 7) is 6.71. The lowest BCUT2D eigenvalue weighted by molar-refractivity contribution is 0.446. The first-order chi connectivity index (χ1) is 7.47. The van der Waals surface area contributed by atoms with Gasteiger partial charge in [0.15, 0.2) is 0 Å². The van der Waals surface area contributed by atoms with Gasteiger partial charge in [0.05, 0.1) is 0 Å². The molecule has 0 atom stereocenters. The molecule has 0 aliphatic rings. The zero-order chi connectivity index (χ0) is 11.8. The molecule has 1 heterocycles. The quantitative estimate of drug-likeness (QED) is 0.763. The maximum atomic E-state index is 5.84. The van der Waals surface area contributed by atoms with Crippen molar-refractivity contribution in [3.8, 4) is 11.3 Å². The predicted octanol–water partition coefficient (Wildman–Crippen LogP) is 3.54. The Morgan fingerprint density at radius 3 is 2.25 bits per heavy atom. The summed E-state index contributed by atoms with van der Waals surface area (Å²) in [5.41, 5.74) is 1.92. The van der Waals surface area contributed by atoms with Gasteiger partial charge in [-0.1, -0.05) is 48.5 Å². The summed E-state index contributed by atoms with van der Waals surface area (Å²) in [7, 11) is -1.41. The Kier molecular flexibility index (Phi) is 2.91. The van der Waals surface area contributed by atoms with Gasteiger partial charge in [-0.25, -0.2) is 0 Å². The lowest BCUT2D eigenvalue weighted by Crippen LogP contribution is -2.36. The highest BCUT2D eigenvalue weighted by molar-refractivity contribution is 6.87. The Labute approximate surface area is 101 Å². The fourth-order valence-corrected chi connectivity index (χ4v) is 2.40. The van der Waals surface area contributed by atoms with Crippen LogP contribution in [0.4, 0.5) is 0 Å². The molecule has 0 saturated carbocycles. The monoisotopic (exact) mass is 251 g/mol. The Bertz CT molecular complexity index is 484. The van der Waals surface area contributed by atoms with Crippen molar-refractivity contribution in [1.29, 1.82) is 0 Å². The van der Waals surface area contributed by atoms with Crippen molar-refractivity contribution >= 4 is 25.1 Å². The zero-order valence-electron chi connectivity index (χ0n) is 9.62. The van der Waals surface area contributed by atoms with Gasteiger partial charge in [0.1, 0.15) is 19.2 Å². The molecule has 2 nitrogen and oxygen atoms in total. The van der Waals surface area contributed by atoms with Crippen LogP contribution in [0.2, 0.25) is 24.7 Å². The van der Waals surface area contributed by atoms with E-state index < -0.39 is 8.07 Å². The average Bonchev–Trinajstić information content (AvgIpc) is 2.67. The Morgan fingerprint density at radius 1 is 1.12 bits per heavy atom. The molecule has 0 radical (unpaired) electrons. The molecule has 84 valence electrons. The smallest absolute Gasteiger partial charge is 0.127 e. The first-order valence-electron chi connectivity index (χ1n) is 5.20. The number of rotatable bonds is 2. The molecule has 16 heavy (non-hydrogen) atoms. The fourth-order valence-electron chi connectivity index (χ4n) is 1.39. The lowest BCUT2D eigenvalue weighted by Gasteiger charge is -2.08. The molecule has 0 aliphatic heterocycles. The first kappa shape index (κ1) is 11.4. The second kappa shape index (κ2) is 4.07. The van der Waals surface area contributed by atoms with Crippen LogP contribution in [0, 0.1) is 0 Å². The van der Waals surface area contributed by atoms with Gasteiger partial charge in [0.2, 0.25) is 0 Å². The molecule has 1 aromatic heterocycles. The molecule has 0 N–H and O–H groups in total. The maximum Gasteiger partial charge on any atom is 0.127 e. The van der Waals surface area contributed by atoms with Crippen molar-refractivity contribution in [3.05, 3.63) is 35.4 Å². The van der Waals surface area contributed by atoms with E-state index in [4.69, 9.17) is 16.1 Å². The molecule has 0 spiro atoms. The number of nitrogens with zero attached hydrogens (tertiary/aromatic N) is 1. The standard InChI is InChI=1S/C12H14ClNOSi/c1-16(2,3)12-8-11(14-15-12)9-4-6-10(13)7-5-9/h4-8H,1-3H3. The van der Waals surface area contributed by atoms with Crippen LogP contribution in [0.15, 0.2) is 34.9 Å². The number of hydrogen-bond donors (Lipinski definition) is 0. The van der Waals surface area contributed by atoms with Gasteiger partial charge >= 0.3 is 0 Å². The summed E-state index contributed by atoms with van der Waals surface area (Å²) >= 11 is 5.84. The van der Waals surface area contributed by atoms with Crippen molar-refractivity contribution in [2.24, 2.45) is 0 Å². The molecular weight excluding hydrogens is 238 g/mol. The van der Waals surface area contributed by atoms with Crippen LogP contribution in [-0.2, 0) is 0 Å². The van der Waals surface area contributed by atoms with Gasteiger partial charge in [0.25, 0.3) is 0 Å². The fraction of sp³-hybridized carbons (Fsp3) is 0.250. The van der Waals surface area contributed by atoms with Crippen molar-refractivity contribution < 1.29 is 4.52 Å². The molecule has 0 unspecified atom stereocenters. The number of aromatic nitrogens is 1. The van der Waals surface area contributed by atoms with Crippen LogP contribution in [0.3, 0.4) is 0 Å².